The molecular formula is C28H25ClN2O4. The second-order valence-electron chi connectivity index (χ2n) is 8.99. The van der Waals surface area contributed by atoms with Gasteiger partial charge in [-0.15, -0.1) is 0 Å². The number of hydrogen-bond donors (Lipinski definition) is 1. The summed E-state index contributed by atoms with van der Waals surface area (Å²) >= 11 is 6.07. The third-order valence-electron chi connectivity index (χ3n) is 6.97. The molecule has 7 heteroatoms. The number of ether oxygens (including phenoxy) is 1. The van der Waals surface area contributed by atoms with E-state index in [1.165, 1.54) is 17.6 Å². The summed E-state index contributed by atoms with van der Waals surface area (Å²) in [4.78, 5) is 40.9. The largest absolute Gasteiger partial charge is 0.495 e. The second-order valence-corrected chi connectivity index (χ2v) is 9.43. The fourth-order valence-electron chi connectivity index (χ4n) is 5.22. The number of benzene rings is 3. The summed E-state index contributed by atoms with van der Waals surface area (Å²) in [5.74, 6) is -0.673. The van der Waals surface area contributed by atoms with Crippen LogP contribution in [0.4, 0.5) is 11.4 Å². The number of nitrogens with zero attached hydrogens (tertiary/aromatic N) is 1. The van der Waals surface area contributed by atoms with E-state index in [4.69, 9.17) is 16.3 Å². The highest BCUT2D eigenvalue weighted by molar-refractivity contribution is 6.31. The lowest BCUT2D eigenvalue weighted by Gasteiger charge is -2.28. The molecule has 1 saturated carbocycles. The fourth-order valence-corrected chi connectivity index (χ4v) is 5.39. The van der Waals surface area contributed by atoms with Gasteiger partial charge in [0.2, 0.25) is 11.8 Å². The van der Waals surface area contributed by atoms with Gasteiger partial charge in [0.1, 0.15) is 5.75 Å². The third-order valence-corrected chi connectivity index (χ3v) is 7.21. The highest BCUT2D eigenvalue weighted by atomic mass is 35.5. The van der Waals surface area contributed by atoms with E-state index >= 15 is 0 Å². The maximum atomic E-state index is 13.4. The number of fused-ring (bicyclic) bond motifs is 1. The molecule has 3 amide bonds. The van der Waals surface area contributed by atoms with Crippen LogP contribution < -0.4 is 15.0 Å². The Morgan fingerprint density at radius 3 is 2.49 bits per heavy atom. The van der Waals surface area contributed by atoms with Crippen molar-refractivity contribution in [3.63, 3.8) is 0 Å². The molecule has 6 nitrogen and oxygen atoms in total. The van der Waals surface area contributed by atoms with Gasteiger partial charge in [0.25, 0.3) is 5.91 Å². The van der Waals surface area contributed by atoms with Crippen molar-refractivity contribution in [2.75, 3.05) is 17.3 Å². The molecule has 178 valence electrons. The fraction of sp³-hybridized carbons (Fsp3) is 0.250. The number of anilines is 2. The van der Waals surface area contributed by atoms with Gasteiger partial charge in [-0.1, -0.05) is 48.0 Å². The van der Waals surface area contributed by atoms with Gasteiger partial charge >= 0.3 is 0 Å². The number of halogens is 1. The SMILES string of the molecule is COc1ccc(Cl)cc1NC(=O)c1cccc(N2C(=O)[C@@H]3CC[C@@H](c4ccccc4)C[C@H]3C2=O)c1. The molecule has 3 atom stereocenters. The molecule has 5 rings (SSSR count). The van der Waals surface area contributed by atoms with Crippen LogP contribution in [0.5, 0.6) is 5.75 Å². The zero-order chi connectivity index (χ0) is 24.5. The van der Waals surface area contributed by atoms with Gasteiger partial charge in [0.05, 0.1) is 30.3 Å². The molecule has 1 saturated heterocycles. The van der Waals surface area contributed by atoms with Crippen molar-refractivity contribution in [3.05, 3.63) is 88.9 Å². The predicted molar refractivity (Wildman–Crippen MR) is 135 cm³/mol. The average molecular weight is 489 g/mol. The number of hydrogen-bond acceptors (Lipinski definition) is 4. The van der Waals surface area contributed by atoms with Crippen molar-refractivity contribution < 1.29 is 19.1 Å². The van der Waals surface area contributed by atoms with Crippen LogP contribution in [0.25, 0.3) is 0 Å². The van der Waals surface area contributed by atoms with Crippen molar-refractivity contribution in [1.29, 1.82) is 0 Å². The minimum absolute atomic E-state index is 0.180. The maximum absolute atomic E-state index is 13.4. The van der Waals surface area contributed by atoms with Gasteiger partial charge in [-0.05, 0) is 67.1 Å². The van der Waals surface area contributed by atoms with Crippen molar-refractivity contribution in [2.24, 2.45) is 11.8 Å². The third kappa shape index (κ3) is 4.42. The molecule has 35 heavy (non-hydrogen) atoms. The van der Waals surface area contributed by atoms with Crippen LogP contribution in [0.15, 0.2) is 72.8 Å². The molecule has 1 N–H and O–H groups in total. The van der Waals surface area contributed by atoms with E-state index in [-0.39, 0.29) is 29.6 Å². The Labute approximate surface area is 208 Å². The summed E-state index contributed by atoms with van der Waals surface area (Å²) < 4.78 is 5.29. The number of carbonyl (C=O) groups is 3. The summed E-state index contributed by atoms with van der Waals surface area (Å²) in [7, 11) is 1.51. The highest BCUT2D eigenvalue weighted by Gasteiger charge is 2.50. The van der Waals surface area contributed by atoms with Crippen LogP contribution in [0, 0.1) is 11.8 Å². The first-order chi connectivity index (χ1) is 17.0. The summed E-state index contributed by atoms with van der Waals surface area (Å²) in [6, 6.07) is 21.7. The molecule has 0 bridgehead atoms. The predicted octanol–water partition coefficient (Wildman–Crippen LogP) is 5.67. The van der Waals surface area contributed by atoms with Crippen LogP contribution in [0.1, 0.15) is 41.1 Å². The van der Waals surface area contributed by atoms with Gasteiger partial charge < -0.3 is 10.1 Å². The number of rotatable bonds is 5. The number of carbonyl (C=O) groups excluding carboxylic acids is 3. The maximum Gasteiger partial charge on any atom is 0.255 e. The molecule has 0 unspecified atom stereocenters. The first kappa shape index (κ1) is 23.1. The van der Waals surface area contributed by atoms with Gasteiger partial charge in [0, 0.05) is 10.6 Å². The van der Waals surface area contributed by atoms with Crippen LogP contribution in [-0.4, -0.2) is 24.8 Å². The molecule has 1 heterocycles. The van der Waals surface area contributed by atoms with Crippen molar-refractivity contribution in [3.8, 4) is 5.75 Å². The standard InChI is InChI=1S/C28H25ClN2O4/c1-35-25-13-11-20(29)16-24(25)30-26(32)19-8-5-9-21(14-19)31-27(33)22-12-10-18(15-23(22)28(31)34)17-6-3-2-4-7-17/h2-9,11,13-14,16,18,22-23H,10,12,15H2,1H3,(H,30,32)/t18-,22-,23-/m1/s1. The molecule has 0 radical (unpaired) electrons. The first-order valence-electron chi connectivity index (χ1n) is 11.6. The summed E-state index contributed by atoms with van der Waals surface area (Å²) in [5.41, 5.74) is 2.37. The summed E-state index contributed by atoms with van der Waals surface area (Å²) in [6.45, 7) is 0. The number of methoxy groups -OCH3 is 1. The minimum Gasteiger partial charge on any atom is -0.495 e. The molecule has 3 aromatic rings. The highest BCUT2D eigenvalue weighted by Crippen LogP contribution is 2.45. The van der Waals surface area contributed by atoms with Crippen molar-refractivity contribution >= 4 is 40.7 Å². The number of nitrogens with one attached hydrogen (secondary N) is 1. The molecule has 1 aliphatic carbocycles. The van der Waals surface area contributed by atoms with E-state index in [0.29, 0.717) is 40.6 Å². The Hall–Kier alpha value is -3.64. The minimum atomic E-state index is -0.395. The summed E-state index contributed by atoms with van der Waals surface area (Å²) in [6.07, 6.45) is 2.21. The Kier molecular flexibility index (Phi) is 6.31. The molecule has 2 aliphatic rings. The van der Waals surface area contributed by atoms with Crippen LogP contribution in [-0.2, 0) is 9.59 Å². The van der Waals surface area contributed by atoms with E-state index in [1.54, 1.807) is 42.5 Å². The Bertz CT molecular complexity index is 1290. The Morgan fingerprint density at radius 1 is 0.943 bits per heavy atom. The van der Waals surface area contributed by atoms with E-state index in [9.17, 15) is 14.4 Å². The molecule has 0 aromatic heterocycles. The molecule has 1 aliphatic heterocycles. The van der Waals surface area contributed by atoms with Crippen LogP contribution in [0.2, 0.25) is 5.02 Å². The molecular weight excluding hydrogens is 464 g/mol. The van der Waals surface area contributed by atoms with Crippen LogP contribution >= 0.6 is 11.6 Å². The Balaban J connectivity index is 1.37. The second kappa shape index (κ2) is 9.55. The van der Waals surface area contributed by atoms with E-state index in [0.717, 1.165) is 6.42 Å². The van der Waals surface area contributed by atoms with Gasteiger partial charge in [-0.2, -0.15) is 0 Å². The molecule has 0 spiro atoms. The van der Waals surface area contributed by atoms with Gasteiger partial charge in [0.15, 0.2) is 0 Å². The lowest BCUT2D eigenvalue weighted by atomic mass is 9.73. The normalized spacial score (nSPS) is 21.5. The number of imide groups is 1. The average Bonchev–Trinajstić information content (AvgIpc) is 3.14. The van der Waals surface area contributed by atoms with E-state index < -0.39 is 5.91 Å². The lowest BCUT2D eigenvalue weighted by molar-refractivity contribution is -0.122. The monoisotopic (exact) mass is 488 g/mol. The zero-order valence-electron chi connectivity index (χ0n) is 19.2. The zero-order valence-corrected chi connectivity index (χ0v) is 20.0. The van der Waals surface area contributed by atoms with E-state index in [1.807, 2.05) is 18.2 Å². The van der Waals surface area contributed by atoms with E-state index in [2.05, 4.69) is 17.4 Å². The van der Waals surface area contributed by atoms with Crippen molar-refractivity contribution in [1.82, 2.24) is 0 Å². The smallest absolute Gasteiger partial charge is 0.255 e. The summed E-state index contributed by atoms with van der Waals surface area (Å²) in [5, 5.41) is 3.25. The number of amides is 3. The quantitative estimate of drug-likeness (QED) is 0.469. The van der Waals surface area contributed by atoms with Gasteiger partial charge in [-0.25, -0.2) is 0 Å². The van der Waals surface area contributed by atoms with Crippen molar-refractivity contribution in [2.45, 2.75) is 25.2 Å². The molecule has 2 fully saturated rings. The molecule has 3 aromatic carbocycles. The van der Waals surface area contributed by atoms with Gasteiger partial charge in [-0.3, -0.25) is 19.3 Å². The first-order valence-corrected chi connectivity index (χ1v) is 12.0. The topological polar surface area (TPSA) is 75.7 Å². The lowest BCUT2D eigenvalue weighted by Crippen LogP contribution is -2.31. The van der Waals surface area contributed by atoms with Crippen LogP contribution in [0.3, 0.4) is 0 Å². The Morgan fingerprint density at radius 2 is 1.71 bits per heavy atom.